The number of allylic oxidation sites excluding steroid dienone is 1. The predicted octanol–water partition coefficient (Wildman–Crippen LogP) is 3.21. The van der Waals surface area contributed by atoms with E-state index in [1.807, 2.05) is 12.2 Å². The number of alkyl halides is 1. The van der Waals surface area contributed by atoms with E-state index < -0.39 is 0 Å². The van der Waals surface area contributed by atoms with Gasteiger partial charge in [0.05, 0.1) is 5.69 Å². The maximum Gasteiger partial charge on any atom is 0.146 e. The highest BCUT2D eigenvalue weighted by molar-refractivity contribution is 9.09. The Bertz CT molecular complexity index is 310. The fourth-order valence-electron chi connectivity index (χ4n) is 0.972. The average Bonchev–Trinajstić information content (AvgIpc) is 2.13. The molecule has 1 nitrogen and oxygen atoms in total. The van der Waals surface area contributed by atoms with E-state index in [2.05, 4.69) is 15.9 Å². The lowest BCUT2D eigenvalue weighted by Crippen LogP contribution is -1.93. The Labute approximate surface area is 85.6 Å². The second-order valence-electron chi connectivity index (χ2n) is 2.62. The summed E-state index contributed by atoms with van der Waals surface area (Å²) in [6.45, 7) is 0. The van der Waals surface area contributed by atoms with Crippen LogP contribution in [0.25, 0.3) is 6.08 Å². The van der Waals surface area contributed by atoms with Gasteiger partial charge in [0.2, 0.25) is 0 Å². The summed E-state index contributed by atoms with van der Waals surface area (Å²) in [5.74, 6) is -0.360. The molecule has 0 saturated heterocycles. The van der Waals surface area contributed by atoms with Gasteiger partial charge in [-0.1, -0.05) is 40.2 Å². The summed E-state index contributed by atoms with van der Waals surface area (Å²) in [5.41, 5.74) is 6.48. The second kappa shape index (κ2) is 5.02. The van der Waals surface area contributed by atoms with Crippen molar-refractivity contribution in [1.82, 2.24) is 0 Å². The van der Waals surface area contributed by atoms with E-state index in [0.717, 1.165) is 17.3 Å². The van der Waals surface area contributed by atoms with Crippen molar-refractivity contribution in [2.24, 2.45) is 0 Å². The Morgan fingerprint density at radius 1 is 1.46 bits per heavy atom. The van der Waals surface area contributed by atoms with Crippen molar-refractivity contribution in [3.05, 3.63) is 35.7 Å². The zero-order chi connectivity index (χ0) is 9.68. The number of halogens is 2. The molecule has 0 aliphatic carbocycles. The molecule has 3 heteroatoms. The van der Waals surface area contributed by atoms with Crippen molar-refractivity contribution in [2.45, 2.75) is 6.42 Å². The minimum Gasteiger partial charge on any atom is -0.396 e. The predicted molar refractivity (Wildman–Crippen MR) is 58.3 cm³/mol. The Kier molecular flexibility index (Phi) is 3.96. The van der Waals surface area contributed by atoms with E-state index >= 15 is 0 Å². The summed E-state index contributed by atoms with van der Waals surface area (Å²) < 4.78 is 12.9. The molecule has 0 fully saturated rings. The van der Waals surface area contributed by atoms with Crippen LogP contribution in [-0.2, 0) is 0 Å². The lowest BCUT2D eigenvalue weighted by atomic mass is 10.1. The topological polar surface area (TPSA) is 26.0 Å². The van der Waals surface area contributed by atoms with Crippen LogP contribution in [0.2, 0.25) is 0 Å². The first-order valence-electron chi connectivity index (χ1n) is 4.02. The van der Waals surface area contributed by atoms with Gasteiger partial charge in [0.1, 0.15) is 5.82 Å². The summed E-state index contributed by atoms with van der Waals surface area (Å²) in [5, 5.41) is 0.902. The lowest BCUT2D eigenvalue weighted by Gasteiger charge is -2.00. The molecule has 1 aromatic rings. The van der Waals surface area contributed by atoms with Gasteiger partial charge >= 0.3 is 0 Å². The lowest BCUT2D eigenvalue weighted by molar-refractivity contribution is 0.632. The van der Waals surface area contributed by atoms with Crippen molar-refractivity contribution in [3.8, 4) is 0 Å². The molecule has 70 valence electrons. The highest BCUT2D eigenvalue weighted by atomic mass is 79.9. The quantitative estimate of drug-likeness (QED) is 0.641. The molecule has 0 atom stereocenters. The summed E-state index contributed by atoms with van der Waals surface area (Å²) in [7, 11) is 0. The number of nitrogens with two attached hydrogens (primary N) is 1. The SMILES string of the molecule is Nc1c(F)cccc1C=CCCBr. The van der Waals surface area contributed by atoms with E-state index in [4.69, 9.17) is 5.73 Å². The third-order valence-corrected chi connectivity index (χ3v) is 2.12. The third kappa shape index (κ3) is 2.84. The van der Waals surface area contributed by atoms with Crippen LogP contribution in [0.15, 0.2) is 24.3 Å². The van der Waals surface area contributed by atoms with Gasteiger partial charge in [-0.15, -0.1) is 0 Å². The minimum absolute atomic E-state index is 0.216. The Hall–Kier alpha value is -0.830. The molecule has 0 heterocycles. The highest BCUT2D eigenvalue weighted by Gasteiger charge is 1.99. The van der Waals surface area contributed by atoms with E-state index in [9.17, 15) is 4.39 Å². The molecule has 0 amide bonds. The maximum absolute atomic E-state index is 12.9. The van der Waals surface area contributed by atoms with E-state index in [0.29, 0.717) is 0 Å². The zero-order valence-electron chi connectivity index (χ0n) is 7.13. The van der Waals surface area contributed by atoms with Crippen molar-refractivity contribution >= 4 is 27.7 Å². The number of hydrogen-bond donors (Lipinski definition) is 1. The van der Waals surface area contributed by atoms with E-state index in [1.165, 1.54) is 6.07 Å². The third-order valence-electron chi connectivity index (χ3n) is 1.66. The molecule has 0 saturated carbocycles. The standard InChI is InChI=1S/C10H11BrFN/c11-7-2-1-4-8-5-3-6-9(12)10(8)13/h1,3-6H,2,7,13H2. The average molecular weight is 244 g/mol. The van der Waals surface area contributed by atoms with Gasteiger partial charge in [-0.2, -0.15) is 0 Å². The number of rotatable bonds is 3. The molecule has 0 radical (unpaired) electrons. The van der Waals surface area contributed by atoms with Crippen LogP contribution < -0.4 is 5.73 Å². The summed E-state index contributed by atoms with van der Waals surface area (Å²) >= 11 is 3.30. The van der Waals surface area contributed by atoms with Crippen LogP contribution in [0.4, 0.5) is 10.1 Å². The number of benzene rings is 1. The van der Waals surface area contributed by atoms with Crippen LogP contribution in [0, 0.1) is 5.82 Å². The summed E-state index contributed by atoms with van der Waals surface area (Å²) in [6.07, 6.45) is 4.70. The normalized spacial score (nSPS) is 10.9. The molecule has 13 heavy (non-hydrogen) atoms. The summed E-state index contributed by atoms with van der Waals surface area (Å²) in [6, 6.07) is 4.81. The van der Waals surface area contributed by atoms with E-state index in [-0.39, 0.29) is 11.5 Å². The number of nitrogen functional groups attached to an aromatic ring is 1. The first kappa shape index (κ1) is 10.3. The Balaban J connectivity index is 2.83. The zero-order valence-corrected chi connectivity index (χ0v) is 8.72. The van der Waals surface area contributed by atoms with E-state index in [1.54, 1.807) is 12.1 Å². The van der Waals surface area contributed by atoms with Gasteiger partial charge in [-0.05, 0) is 12.5 Å². The van der Waals surface area contributed by atoms with Gasteiger partial charge in [-0.3, -0.25) is 0 Å². The van der Waals surface area contributed by atoms with Crippen LogP contribution in [0.3, 0.4) is 0 Å². The minimum atomic E-state index is -0.360. The van der Waals surface area contributed by atoms with Crippen molar-refractivity contribution in [2.75, 3.05) is 11.1 Å². The molecular weight excluding hydrogens is 233 g/mol. The van der Waals surface area contributed by atoms with Gasteiger partial charge < -0.3 is 5.73 Å². The van der Waals surface area contributed by atoms with Crippen molar-refractivity contribution < 1.29 is 4.39 Å². The van der Waals surface area contributed by atoms with Crippen LogP contribution in [0.5, 0.6) is 0 Å². The Morgan fingerprint density at radius 3 is 2.92 bits per heavy atom. The monoisotopic (exact) mass is 243 g/mol. The fraction of sp³-hybridized carbons (Fsp3) is 0.200. The molecule has 2 N–H and O–H groups in total. The first-order chi connectivity index (χ1) is 6.25. The smallest absolute Gasteiger partial charge is 0.146 e. The first-order valence-corrected chi connectivity index (χ1v) is 5.14. The Morgan fingerprint density at radius 2 is 2.23 bits per heavy atom. The second-order valence-corrected chi connectivity index (χ2v) is 3.42. The highest BCUT2D eigenvalue weighted by Crippen LogP contribution is 2.17. The van der Waals surface area contributed by atoms with Crippen LogP contribution >= 0.6 is 15.9 Å². The largest absolute Gasteiger partial charge is 0.396 e. The number of para-hydroxylation sites is 1. The molecule has 0 aliphatic heterocycles. The number of hydrogen-bond acceptors (Lipinski definition) is 1. The maximum atomic E-state index is 12.9. The van der Waals surface area contributed by atoms with Gasteiger partial charge in [0.25, 0.3) is 0 Å². The van der Waals surface area contributed by atoms with Gasteiger partial charge in [0, 0.05) is 10.9 Å². The fourth-order valence-corrected chi connectivity index (χ4v) is 1.24. The van der Waals surface area contributed by atoms with Gasteiger partial charge in [0.15, 0.2) is 0 Å². The molecule has 0 unspecified atom stereocenters. The number of anilines is 1. The molecule has 1 rings (SSSR count). The summed E-state index contributed by atoms with van der Waals surface area (Å²) in [4.78, 5) is 0. The molecule has 1 aromatic carbocycles. The molecule has 0 bridgehead atoms. The molecule has 0 aliphatic rings. The molecular formula is C10H11BrFN. The van der Waals surface area contributed by atoms with Crippen molar-refractivity contribution in [1.29, 1.82) is 0 Å². The van der Waals surface area contributed by atoms with Gasteiger partial charge in [-0.25, -0.2) is 4.39 Å². The van der Waals surface area contributed by atoms with Crippen LogP contribution in [0.1, 0.15) is 12.0 Å². The molecule has 0 spiro atoms. The van der Waals surface area contributed by atoms with Crippen molar-refractivity contribution in [3.63, 3.8) is 0 Å². The molecule has 0 aromatic heterocycles. The van der Waals surface area contributed by atoms with Crippen LogP contribution in [-0.4, -0.2) is 5.33 Å².